The summed E-state index contributed by atoms with van der Waals surface area (Å²) in [4.78, 5) is 27.8. The standard InChI is InChI=1S/C16H11BrN2O4S2/c17-9-5-8(1-2-10(9)23-7-12(20)21)6-11-14(22)13(15(18)25-11)16-19-3-4-24-16/h1-6,13,18H,7H2,(H,20,21). The minimum Gasteiger partial charge on any atom is -0.481 e. The minimum absolute atomic E-state index is 0.132. The number of rotatable bonds is 5. The van der Waals surface area contributed by atoms with E-state index >= 15 is 0 Å². The summed E-state index contributed by atoms with van der Waals surface area (Å²) in [6, 6.07) is 5.09. The van der Waals surface area contributed by atoms with Crippen molar-refractivity contribution in [2.24, 2.45) is 0 Å². The molecule has 0 saturated carbocycles. The summed E-state index contributed by atoms with van der Waals surface area (Å²) < 4.78 is 5.74. The summed E-state index contributed by atoms with van der Waals surface area (Å²) in [5.74, 6) is -1.40. The maximum Gasteiger partial charge on any atom is 0.341 e. The zero-order chi connectivity index (χ0) is 18.0. The van der Waals surface area contributed by atoms with Gasteiger partial charge in [0.05, 0.1) is 14.4 Å². The second-order valence-corrected chi connectivity index (χ2v) is 7.88. The van der Waals surface area contributed by atoms with Crippen LogP contribution in [0.2, 0.25) is 0 Å². The van der Waals surface area contributed by atoms with Crippen molar-refractivity contribution in [3.63, 3.8) is 0 Å². The second kappa shape index (κ2) is 7.51. The molecule has 1 aromatic heterocycles. The molecule has 0 radical (unpaired) electrons. The highest BCUT2D eigenvalue weighted by molar-refractivity contribution is 9.10. The van der Waals surface area contributed by atoms with Gasteiger partial charge in [-0.05, 0) is 39.7 Å². The van der Waals surface area contributed by atoms with Crippen molar-refractivity contribution < 1.29 is 19.4 Å². The van der Waals surface area contributed by atoms with Crippen molar-refractivity contribution in [1.82, 2.24) is 4.98 Å². The predicted molar refractivity (Wildman–Crippen MR) is 100 cm³/mol. The number of thiazole rings is 1. The van der Waals surface area contributed by atoms with Crippen LogP contribution >= 0.6 is 39.0 Å². The number of thioether (sulfide) groups is 1. The fourth-order valence-corrected chi connectivity index (χ4v) is 4.52. The molecule has 1 atom stereocenters. The van der Waals surface area contributed by atoms with Crippen molar-refractivity contribution in [2.75, 3.05) is 6.61 Å². The Kier molecular flexibility index (Phi) is 5.36. The Morgan fingerprint density at radius 2 is 2.28 bits per heavy atom. The lowest BCUT2D eigenvalue weighted by Gasteiger charge is -2.06. The Morgan fingerprint density at radius 1 is 1.48 bits per heavy atom. The number of carboxylic acids is 1. The summed E-state index contributed by atoms with van der Waals surface area (Å²) in [5.41, 5.74) is 0.748. The van der Waals surface area contributed by atoms with E-state index in [-0.39, 0.29) is 10.8 Å². The van der Waals surface area contributed by atoms with Gasteiger partial charge < -0.3 is 9.84 Å². The summed E-state index contributed by atoms with van der Waals surface area (Å²) in [6.45, 7) is -0.431. The maximum atomic E-state index is 12.6. The Hall–Kier alpha value is -1.97. The molecule has 128 valence electrons. The maximum absolute atomic E-state index is 12.6. The number of hydrogen-bond acceptors (Lipinski definition) is 7. The van der Waals surface area contributed by atoms with E-state index in [1.165, 1.54) is 11.3 Å². The lowest BCUT2D eigenvalue weighted by atomic mass is 10.1. The Bertz CT molecular complexity index is 880. The molecule has 2 aromatic rings. The highest BCUT2D eigenvalue weighted by Crippen LogP contribution is 2.41. The third kappa shape index (κ3) is 4.00. The number of ether oxygens (including phenoxy) is 1. The molecule has 1 aromatic carbocycles. The van der Waals surface area contributed by atoms with Crippen molar-refractivity contribution in [3.05, 3.63) is 49.7 Å². The summed E-state index contributed by atoms with van der Waals surface area (Å²) in [6.07, 6.45) is 3.33. The molecule has 1 fully saturated rings. The fraction of sp³-hybridized carbons (Fsp3) is 0.125. The molecule has 0 bridgehead atoms. The van der Waals surface area contributed by atoms with Gasteiger partial charge in [0.1, 0.15) is 16.7 Å². The summed E-state index contributed by atoms with van der Waals surface area (Å²) in [7, 11) is 0. The number of carbonyl (C=O) groups is 2. The van der Waals surface area contributed by atoms with E-state index in [1.807, 2.05) is 0 Å². The van der Waals surface area contributed by atoms with Gasteiger partial charge in [-0.3, -0.25) is 10.2 Å². The van der Waals surface area contributed by atoms with Gasteiger partial charge in [0.15, 0.2) is 12.4 Å². The minimum atomic E-state index is -1.06. The van der Waals surface area contributed by atoms with Crippen LogP contribution in [-0.4, -0.2) is 33.5 Å². The smallest absolute Gasteiger partial charge is 0.341 e. The second-order valence-electron chi connectivity index (χ2n) is 5.01. The molecule has 0 spiro atoms. The topological polar surface area (TPSA) is 100 Å². The highest BCUT2D eigenvalue weighted by Gasteiger charge is 2.38. The van der Waals surface area contributed by atoms with Crippen molar-refractivity contribution in [1.29, 1.82) is 5.41 Å². The van der Waals surface area contributed by atoms with E-state index in [0.717, 1.165) is 17.3 Å². The number of aliphatic carboxylic acids is 1. The number of ketones is 1. The number of carbonyl (C=O) groups excluding carboxylic acids is 1. The van der Waals surface area contributed by atoms with E-state index in [9.17, 15) is 9.59 Å². The molecular formula is C16H11BrN2O4S2. The SMILES string of the molecule is N=C1SC(=Cc2ccc(OCC(=O)O)c(Br)c2)C(=O)C1c1nccs1. The van der Waals surface area contributed by atoms with Gasteiger partial charge >= 0.3 is 5.97 Å². The number of Topliss-reactive ketones (excluding diaryl/α,β-unsaturated/α-hetero) is 1. The molecule has 1 saturated heterocycles. The summed E-state index contributed by atoms with van der Waals surface area (Å²) >= 11 is 5.83. The molecule has 25 heavy (non-hydrogen) atoms. The third-order valence-corrected chi connectivity index (χ3v) is 5.75. The Morgan fingerprint density at radius 3 is 2.92 bits per heavy atom. The van der Waals surface area contributed by atoms with Crippen molar-refractivity contribution in [2.45, 2.75) is 5.92 Å². The highest BCUT2D eigenvalue weighted by atomic mass is 79.9. The first kappa shape index (κ1) is 17.8. The predicted octanol–water partition coefficient (Wildman–Crippen LogP) is 3.79. The third-order valence-electron chi connectivity index (χ3n) is 3.29. The van der Waals surface area contributed by atoms with Crippen LogP contribution in [0.3, 0.4) is 0 Å². The Balaban J connectivity index is 1.81. The molecule has 3 rings (SSSR count). The summed E-state index contributed by atoms with van der Waals surface area (Å²) in [5, 5.41) is 19.4. The van der Waals surface area contributed by atoms with Gasteiger partial charge in [-0.25, -0.2) is 9.78 Å². The average molecular weight is 439 g/mol. The van der Waals surface area contributed by atoms with Crippen LogP contribution in [0.4, 0.5) is 0 Å². The van der Waals surface area contributed by atoms with Crippen LogP contribution in [0, 0.1) is 5.41 Å². The van der Waals surface area contributed by atoms with Crippen LogP contribution in [0.25, 0.3) is 6.08 Å². The monoisotopic (exact) mass is 438 g/mol. The van der Waals surface area contributed by atoms with E-state index in [2.05, 4.69) is 20.9 Å². The zero-order valence-corrected chi connectivity index (χ0v) is 15.8. The van der Waals surface area contributed by atoms with Gasteiger partial charge in [0.2, 0.25) is 0 Å². The van der Waals surface area contributed by atoms with Crippen LogP contribution in [0.1, 0.15) is 16.5 Å². The molecule has 0 aliphatic carbocycles. The molecule has 2 heterocycles. The van der Waals surface area contributed by atoms with Gasteiger partial charge in [0, 0.05) is 11.6 Å². The van der Waals surface area contributed by atoms with Gasteiger partial charge in [-0.15, -0.1) is 11.3 Å². The number of carboxylic acid groups (broad SMARTS) is 1. The first-order valence-electron chi connectivity index (χ1n) is 7.01. The molecule has 9 heteroatoms. The van der Waals surface area contributed by atoms with Crippen molar-refractivity contribution >= 4 is 61.9 Å². The molecule has 1 aliphatic heterocycles. The number of hydrogen-bond donors (Lipinski definition) is 2. The number of nitrogens with one attached hydrogen (secondary N) is 1. The fourth-order valence-electron chi connectivity index (χ4n) is 2.21. The molecule has 6 nitrogen and oxygen atoms in total. The van der Waals surface area contributed by atoms with E-state index in [0.29, 0.717) is 20.1 Å². The number of allylic oxidation sites excluding steroid dienone is 1. The van der Waals surface area contributed by atoms with Crippen LogP contribution < -0.4 is 4.74 Å². The largest absolute Gasteiger partial charge is 0.481 e. The first-order valence-corrected chi connectivity index (χ1v) is 9.50. The van der Waals surface area contributed by atoms with Gasteiger partial charge in [-0.2, -0.15) is 0 Å². The van der Waals surface area contributed by atoms with Gasteiger partial charge in [-0.1, -0.05) is 17.8 Å². The van der Waals surface area contributed by atoms with E-state index < -0.39 is 18.5 Å². The number of aromatic nitrogens is 1. The normalized spacial score (nSPS) is 18.8. The molecule has 2 N–H and O–H groups in total. The molecule has 0 amide bonds. The molecular weight excluding hydrogens is 428 g/mol. The van der Waals surface area contributed by atoms with Crippen LogP contribution in [-0.2, 0) is 9.59 Å². The van der Waals surface area contributed by atoms with Crippen molar-refractivity contribution in [3.8, 4) is 5.75 Å². The first-order chi connectivity index (χ1) is 12.0. The molecule has 1 aliphatic rings. The Labute approximate surface area is 159 Å². The van der Waals surface area contributed by atoms with E-state index in [4.69, 9.17) is 15.3 Å². The number of nitrogens with zero attached hydrogens (tertiary/aromatic N) is 1. The lowest BCUT2D eigenvalue weighted by Crippen LogP contribution is -2.11. The number of benzene rings is 1. The number of halogens is 1. The molecule has 1 unspecified atom stereocenters. The van der Waals surface area contributed by atoms with Crippen LogP contribution in [0.5, 0.6) is 5.75 Å². The quantitative estimate of drug-likeness (QED) is 0.688. The van der Waals surface area contributed by atoms with Crippen LogP contribution in [0.15, 0.2) is 39.2 Å². The zero-order valence-electron chi connectivity index (χ0n) is 12.6. The average Bonchev–Trinajstić information content (AvgIpc) is 3.15. The van der Waals surface area contributed by atoms with E-state index in [1.54, 1.807) is 35.9 Å². The lowest BCUT2D eigenvalue weighted by molar-refractivity contribution is -0.139. The van der Waals surface area contributed by atoms with Gasteiger partial charge in [0.25, 0.3) is 0 Å².